The second-order valence-corrected chi connectivity index (χ2v) is 5.56. The Kier molecular flexibility index (Phi) is 2.92. The molecule has 2 N–H and O–H groups in total. The number of carboxylic acids is 1. The van der Waals surface area contributed by atoms with Crippen molar-refractivity contribution in [3.8, 4) is 0 Å². The van der Waals surface area contributed by atoms with Crippen LogP contribution in [0.25, 0.3) is 0 Å². The minimum Gasteiger partial charge on any atom is -0.480 e. The predicted octanol–water partition coefficient (Wildman–Crippen LogP) is -0.764. The van der Waals surface area contributed by atoms with Crippen molar-refractivity contribution in [1.29, 1.82) is 0 Å². The highest BCUT2D eigenvalue weighted by Crippen LogP contribution is 2.17. The first-order valence-corrected chi connectivity index (χ1v) is 5.88. The predicted molar refractivity (Wildman–Crippen MR) is 47.3 cm³/mol. The van der Waals surface area contributed by atoms with Crippen LogP contribution in [0.1, 0.15) is 13.3 Å². The van der Waals surface area contributed by atoms with Crippen molar-refractivity contribution in [2.75, 3.05) is 12.3 Å². The summed E-state index contributed by atoms with van der Waals surface area (Å²) >= 11 is 0. The number of hydrogen-bond donors (Lipinski definition) is 2. The Labute approximate surface area is 77.1 Å². The van der Waals surface area contributed by atoms with Gasteiger partial charge in [-0.1, -0.05) is 6.92 Å². The highest BCUT2D eigenvalue weighted by Gasteiger charge is 2.40. The standard InChI is InChI=1S/C7H13NO4S/c1-2-13(11,12)5-3-4-8-6(5)7(9)10/h5-6,8H,2-4H2,1H3,(H,9,10)/t5-,6-/m0/s1. The quantitative estimate of drug-likeness (QED) is 0.635. The molecule has 0 aromatic heterocycles. The molecule has 0 aromatic rings. The fraction of sp³-hybridized carbons (Fsp3) is 0.857. The Morgan fingerprint density at radius 2 is 2.23 bits per heavy atom. The molecule has 13 heavy (non-hydrogen) atoms. The highest BCUT2D eigenvalue weighted by atomic mass is 32.2. The Morgan fingerprint density at radius 1 is 1.62 bits per heavy atom. The van der Waals surface area contributed by atoms with Crippen LogP contribution in [0, 0.1) is 0 Å². The third kappa shape index (κ3) is 2.00. The lowest BCUT2D eigenvalue weighted by Gasteiger charge is -2.14. The molecule has 1 aliphatic rings. The van der Waals surface area contributed by atoms with E-state index in [1.165, 1.54) is 6.92 Å². The van der Waals surface area contributed by atoms with Crippen molar-refractivity contribution < 1.29 is 18.3 Å². The number of carboxylic acid groups (broad SMARTS) is 1. The van der Waals surface area contributed by atoms with Gasteiger partial charge in [0.15, 0.2) is 9.84 Å². The van der Waals surface area contributed by atoms with E-state index in [0.29, 0.717) is 13.0 Å². The maximum Gasteiger partial charge on any atom is 0.322 e. The van der Waals surface area contributed by atoms with Gasteiger partial charge in [-0.3, -0.25) is 4.79 Å². The first-order chi connectivity index (χ1) is 5.99. The van der Waals surface area contributed by atoms with Crippen molar-refractivity contribution in [1.82, 2.24) is 5.32 Å². The van der Waals surface area contributed by atoms with Gasteiger partial charge in [-0.15, -0.1) is 0 Å². The molecule has 1 heterocycles. The second kappa shape index (κ2) is 3.63. The molecule has 0 saturated carbocycles. The van der Waals surface area contributed by atoms with Gasteiger partial charge in [-0.25, -0.2) is 8.42 Å². The van der Waals surface area contributed by atoms with E-state index >= 15 is 0 Å². The molecule has 1 fully saturated rings. The summed E-state index contributed by atoms with van der Waals surface area (Å²) in [6, 6.07) is -0.926. The number of carbonyl (C=O) groups is 1. The van der Waals surface area contributed by atoms with Crippen molar-refractivity contribution >= 4 is 15.8 Å². The van der Waals surface area contributed by atoms with Crippen molar-refractivity contribution in [2.24, 2.45) is 0 Å². The van der Waals surface area contributed by atoms with E-state index in [2.05, 4.69) is 5.32 Å². The van der Waals surface area contributed by atoms with E-state index in [-0.39, 0.29) is 5.75 Å². The van der Waals surface area contributed by atoms with E-state index in [1.54, 1.807) is 0 Å². The Balaban J connectivity index is 2.86. The van der Waals surface area contributed by atoms with Crippen LogP contribution in [-0.2, 0) is 14.6 Å². The lowest BCUT2D eigenvalue weighted by Crippen LogP contribution is -2.42. The third-order valence-corrected chi connectivity index (χ3v) is 4.53. The van der Waals surface area contributed by atoms with Gasteiger partial charge in [-0.05, 0) is 13.0 Å². The number of aliphatic carboxylic acids is 1. The first-order valence-electron chi connectivity index (χ1n) is 4.17. The second-order valence-electron chi connectivity index (χ2n) is 3.05. The van der Waals surface area contributed by atoms with Crippen LogP contribution in [0.5, 0.6) is 0 Å². The molecule has 76 valence electrons. The summed E-state index contributed by atoms with van der Waals surface area (Å²) in [6.45, 7) is 1.99. The topological polar surface area (TPSA) is 83.5 Å². The van der Waals surface area contributed by atoms with Gasteiger partial charge >= 0.3 is 5.97 Å². The van der Waals surface area contributed by atoms with Crippen LogP contribution < -0.4 is 5.32 Å². The zero-order valence-electron chi connectivity index (χ0n) is 7.36. The van der Waals surface area contributed by atoms with Crippen LogP contribution in [-0.4, -0.2) is 43.1 Å². The number of sulfone groups is 1. The van der Waals surface area contributed by atoms with Crippen molar-refractivity contribution in [3.63, 3.8) is 0 Å². The number of hydrogen-bond acceptors (Lipinski definition) is 4. The maximum atomic E-state index is 11.4. The minimum atomic E-state index is -3.24. The fourth-order valence-electron chi connectivity index (χ4n) is 1.53. The lowest BCUT2D eigenvalue weighted by molar-refractivity contribution is -0.138. The molecular formula is C7H13NO4S. The van der Waals surface area contributed by atoms with E-state index < -0.39 is 27.1 Å². The average molecular weight is 207 g/mol. The maximum absolute atomic E-state index is 11.4. The molecule has 2 atom stereocenters. The molecule has 1 aliphatic heterocycles. The Hall–Kier alpha value is -0.620. The summed E-state index contributed by atoms with van der Waals surface area (Å²) in [5.74, 6) is -1.08. The molecule has 0 bridgehead atoms. The normalized spacial score (nSPS) is 29.0. The van der Waals surface area contributed by atoms with Gasteiger partial charge in [0.25, 0.3) is 0 Å². The third-order valence-electron chi connectivity index (χ3n) is 2.29. The van der Waals surface area contributed by atoms with Crippen LogP contribution in [0.15, 0.2) is 0 Å². The highest BCUT2D eigenvalue weighted by molar-refractivity contribution is 7.92. The van der Waals surface area contributed by atoms with Gasteiger partial charge in [0.2, 0.25) is 0 Å². The molecule has 0 amide bonds. The molecule has 1 saturated heterocycles. The molecule has 6 heteroatoms. The van der Waals surface area contributed by atoms with Gasteiger partial charge in [0.05, 0.1) is 5.25 Å². The minimum absolute atomic E-state index is 0.00310. The van der Waals surface area contributed by atoms with Gasteiger partial charge in [0.1, 0.15) is 6.04 Å². The van der Waals surface area contributed by atoms with Gasteiger partial charge in [-0.2, -0.15) is 0 Å². The SMILES string of the molecule is CCS(=O)(=O)[C@H]1CCN[C@@H]1C(=O)O. The van der Waals surface area contributed by atoms with Crippen LogP contribution in [0.4, 0.5) is 0 Å². The van der Waals surface area contributed by atoms with Crippen molar-refractivity contribution in [3.05, 3.63) is 0 Å². The lowest BCUT2D eigenvalue weighted by atomic mass is 10.2. The molecule has 0 aliphatic carbocycles. The Bertz CT molecular complexity index is 298. The van der Waals surface area contributed by atoms with Crippen LogP contribution in [0.3, 0.4) is 0 Å². The molecule has 1 rings (SSSR count). The summed E-state index contributed by atoms with van der Waals surface area (Å²) in [5.41, 5.74) is 0. The summed E-state index contributed by atoms with van der Waals surface area (Å²) in [4.78, 5) is 10.6. The van der Waals surface area contributed by atoms with E-state index in [4.69, 9.17) is 5.11 Å². The smallest absolute Gasteiger partial charge is 0.322 e. The molecule has 0 spiro atoms. The van der Waals surface area contributed by atoms with E-state index in [1.807, 2.05) is 0 Å². The monoisotopic (exact) mass is 207 g/mol. The van der Waals surface area contributed by atoms with E-state index in [9.17, 15) is 13.2 Å². The average Bonchev–Trinajstić information content (AvgIpc) is 2.52. The fourth-order valence-corrected chi connectivity index (χ4v) is 3.06. The van der Waals surface area contributed by atoms with Crippen LogP contribution >= 0.6 is 0 Å². The largest absolute Gasteiger partial charge is 0.480 e. The number of rotatable bonds is 3. The molecular weight excluding hydrogens is 194 g/mol. The number of nitrogens with one attached hydrogen (secondary N) is 1. The summed E-state index contributed by atoms with van der Waals surface area (Å²) in [5, 5.41) is 10.6. The zero-order chi connectivity index (χ0) is 10.1. The summed E-state index contributed by atoms with van der Waals surface area (Å²) in [6.07, 6.45) is 0.396. The molecule has 5 nitrogen and oxygen atoms in total. The molecule has 0 unspecified atom stereocenters. The van der Waals surface area contributed by atoms with E-state index in [0.717, 1.165) is 0 Å². The first kappa shape index (κ1) is 10.5. The summed E-state index contributed by atoms with van der Waals surface area (Å²) < 4.78 is 22.8. The zero-order valence-corrected chi connectivity index (χ0v) is 8.17. The molecule has 0 aromatic carbocycles. The van der Waals surface area contributed by atoms with Gasteiger partial charge < -0.3 is 10.4 Å². The summed E-state index contributed by atoms with van der Waals surface area (Å²) in [7, 11) is -3.24. The van der Waals surface area contributed by atoms with Crippen LogP contribution in [0.2, 0.25) is 0 Å². The molecule has 0 radical (unpaired) electrons. The van der Waals surface area contributed by atoms with Crippen molar-refractivity contribution in [2.45, 2.75) is 24.6 Å². The Morgan fingerprint density at radius 3 is 2.69 bits per heavy atom. The van der Waals surface area contributed by atoms with Gasteiger partial charge in [0, 0.05) is 5.75 Å².